The summed E-state index contributed by atoms with van der Waals surface area (Å²) in [4.78, 5) is 12.0. The number of amides is 1. The molecule has 2 rings (SSSR count). The maximum atomic E-state index is 12.5. The average Bonchev–Trinajstić information content (AvgIpc) is 2.34. The number of para-hydroxylation sites is 1. The van der Waals surface area contributed by atoms with E-state index in [1.165, 1.54) is 0 Å². The van der Waals surface area contributed by atoms with Crippen LogP contribution in [0.25, 0.3) is 0 Å². The first kappa shape index (κ1) is 11.3. The Balaban J connectivity index is 2.29. The van der Waals surface area contributed by atoms with Crippen molar-refractivity contribution in [2.24, 2.45) is 5.92 Å². The molecule has 1 aromatic carbocycles. The number of alkyl halides is 3. The van der Waals surface area contributed by atoms with Crippen molar-refractivity contribution in [3.8, 4) is 0 Å². The summed E-state index contributed by atoms with van der Waals surface area (Å²) in [6.45, 7) is 0. The molecule has 1 heterocycles. The van der Waals surface area contributed by atoms with Gasteiger partial charge in [-0.2, -0.15) is 13.2 Å². The van der Waals surface area contributed by atoms with Crippen LogP contribution in [0, 0.1) is 5.92 Å². The highest BCUT2D eigenvalue weighted by Crippen LogP contribution is 2.38. The quantitative estimate of drug-likeness (QED) is 0.763. The number of thioether (sulfide) groups is 1. The van der Waals surface area contributed by atoms with Gasteiger partial charge in [0.05, 0.1) is 5.69 Å². The number of carbonyl (C=O) groups is 1. The van der Waals surface area contributed by atoms with Crippen molar-refractivity contribution in [2.75, 3.05) is 11.1 Å². The minimum atomic E-state index is -4.49. The van der Waals surface area contributed by atoms with Crippen molar-refractivity contribution in [3.05, 3.63) is 24.3 Å². The fraction of sp³-hybridized carbons (Fsp3) is 0.300. The molecule has 1 unspecified atom stereocenters. The van der Waals surface area contributed by atoms with Crippen LogP contribution in [-0.2, 0) is 4.79 Å². The predicted molar refractivity (Wildman–Crippen MR) is 55.3 cm³/mol. The molecule has 86 valence electrons. The Morgan fingerprint density at radius 3 is 2.69 bits per heavy atom. The highest BCUT2D eigenvalue weighted by molar-refractivity contribution is 7.99. The molecular weight excluding hydrogens is 239 g/mol. The topological polar surface area (TPSA) is 29.1 Å². The van der Waals surface area contributed by atoms with E-state index in [1.807, 2.05) is 0 Å². The van der Waals surface area contributed by atoms with Crippen molar-refractivity contribution < 1.29 is 18.0 Å². The molecular formula is C10H8F3NOS. The third-order valence-corrected chi connectivity index (χ3v) is 3.43. The summed E-state index contributed by atoms with van der Waals surface area (Å²) in [5.41, 5.74) is 0.448. The number of benzene rings is 1. The van der Waals surface area contributed by atoms with Gasteiger partial charge >= 0.3 is 6.18 Å². The zero-order valence-electron chi connectivity index (χ0n) is 8.04. The molecule has 1 aliphatic heterocycles. The Morgan fingerprint density at radius 2 is 2.00 bits per heavy atom. The standard InChI is InChI=1S/C10H8F3NOS/c11-10(12,13)6-5-16-8-4-2-1-3-7(8)14-9(6)15/h1-4,6H,5H2,(H,14,15). The summed E-state index contributed by atoms with van der Waals surface area (Å²) in [6, 6.07) is 6.69. The SMILES string of the molecule is O=C1Nc2ccccc2SCC1C(F)(F)F. The monoisotopic (exact) mass is 247 g/mol. The molecule has 0 aliphatic carbocycles. The van der Waals surface area contributed by atoms with Crippen LogP contribution in [0.4, 0.5) is 18.9 Å². The van der Waals surface area contributed by atoms with Crippen LogP contribution in [-0.4, -0.2) is 17.8 Å². The van der Waals surface area contributed by atoms with E-state index in [9.17, 15) is 18.0 Å². The summed E-state index contributed by atoms with van der Waals surface area (Å²) >= 11 is 1.04. The molecule has 0 spiro atoms. The Bertz CT molecular complexity index is 419. The lowest BCUT2D eigenvalue weighted by atomic mass is 10.1. The fourth-order valence-electron chi connectivity index (χ4n) is 1.41. The molecule has 0 saturated heterocycles. The summed E-state index contributed by atoms with van der Waals surface area (Å²) in [6.07, 6.45) is -4.49. The molecule has 0 bridgehead atoms. The van der Waals surface area contributed by atoms with Crippen molar-refractivity contribution in [1.82, 2.24) is 0 Å². The second-order valence-corrected chi connectivity index (χ2v) is 4.45. The Labute approximate surface area is 94.2 Å². The number of hydrogen-bond donors (Lipinski definition) is 1. The number of carbonyl (C=O) groups excluding carboxylic acids is 1. The fourth-order valence-corrected chi connectivity index (χ4v) is 2.54. The Hall–Kier alpha value is -1.17. The van der Waals surface area contributed by atoms with E-state index in [0.717, 1.165) is 11.8 Å². The zero-order chi connectivity index (χ0) is 11.8. The van der Waals surface area contributed by atoms with Gasteiger partial charge in [0.2, 0.25) is 5.91 Å². The number of nitrogens with one attached hydrogen (secondary N) is 1. The van der Waals surface area contributed by atoms with Gasteiger partial charge < -0.3 is 5.32 Å². The molecule has 1 amide bonds. The summed E-state index contributed by atoms with van der Waals surface area (Å²) < 4.78 is 37.6. The number of rotatable bonds is 0. The molecule has 6 heteroatoms. The van der Waals surface area contributed by atoms with E-state index in [4.69, 9.17) is 0 Å². The van der Waals surface area contributed by atoms with Crippen LogP contribution in [0.5, 0.6) is 0 Å². The van der Waals surface area contributed by atoms with Crippen LogP contribution >= 0.6 is 11.8 Å². The van der Waals surface area contributed by atoms with E-state index in [-0.39, 0.29) is 5.75 Å². The minimum Gasteiger partial charge on any atom is -0.325 e. The number of fused-ring (bicyclic) bond motifs is 1. The normalized spacial score (nSPS) is 20.9. The number of hydrogen-bond acceptors (Lipinski definition) is 2. The van der Waals surface area contributed by atoms with Crippen LogP contribution < -0.4 is 5.32 Å². The van der Waals surface area contributed by atoms with E-state index >= 15 is 0 Å². The first-order valence-corrected chi connectivity index (χ1v) is 5.56. The van der Waals surface area contributed by atoms with E-state index in [1.54, 1.807) is 24.3 Å². The number of anilines is 1. The molecule has 0 radical (unpaired) electrons. The van der Waals surface area contributed by atoms with Gasteiger partial charge in [-0.05, 0) is 12.1 Å². The molecule has 0 fully saturated rings. The zero-order valence-corrected chi connectivity index (χ0v) is 8.86. The molecule has 0 saturated carbocycles. The molecule has 1 atom stereocenters. The van der Waals surface area contributed by atoms with Gasteiger partial charge in [-0.25, -0.2) is 0 Å². The lowest BCUT2D eigenvalue weighted by molar-refractivity contribution is -0.174. The van der Waals surface area contributed by atoms with Gasteiger partial charge in [0.25, 0.3) is 0 Å². The molecule has 2 nitrogen and oxygen atoms in total. The summed E-state index contributed by atoms with van der Waals surface area (Å²) in [5.74, 6) is -3.19. The van der Waals surface area contributed by atoms with E-state index in [2.05, 4.69) is 5.32 Å². The molecule has 1 aliphatic rings. The molecule has 0 aromatic heterocycles. The molecule has 1 N–H and O–H groups in total. The second-order valence-electron chi connectivity index (χ2n) is 3.39. The third kappa shape index (κ3) is 2.16. The minimum absolute atomic E-state index is 0.271. The highest BCUT2D eigenvalue weighted by atomic mass is 32.2. The lowest BCUT2D eigenvalue weighted by Crippen LogP contribution is -2.35. The Kier molecular flexibility index (Phi) is 2.84. The first-order chi connectivity index (χ1) is 7.48. The largest absolute Gasteiger partial charge is 0.401 e. The van der Waals surface area contributed by atoms with Gasteiger partial charge in [0, 0.05) is 10.6 Å². The van der Waals surface area contributed by atoms with Crippen molar-refractivity contribution >= 4 is 23.4 Å². The predicted octanol–water partition coefficient (Wildman–Crippen LogP) is 2.91. The van der Waals surface area contributed by atoms with Gasteiger partial charge in [0.15, 0.2) is 0 Å². The van der Waals surface area contributed by atoms with Gasteiger partial charge in [0.1, 0.15) is 5.92 Å². The van der Waals surface area contributed by atoms with Crippen LogP contribution in [0.2, 0.25) is 0 Å². The third-order valence-electron chi connectivity index (χ3n) is 2.26. The number of halogens is 3. The Morgan fingerprint density at radius 1 is 1.31 bits per heavy atom. The van der Waals surface area contributed by atoms with E-state index in [0.29, 0.717) is 10.6 Å². The van der Waals surface area contributed by atoms with Crippen LogP contribution in [0.1, 0.15) is 0 Å². The molecule has 1 aromatic rings. The van der Waals surface area contributed by atoms with Gasteiger partial charge in [-0.15, -0.1) is 11.8 Å². The van der Waals surface area contributed by atoms with Crippen LogP contribution in [0.15, 0.2) is 29.2 Å². The van der Waals surface area contributed by atoms with Crippen molar-refractivity contribution in [1.29, 1.82) is 0 Å². The first-order valence-electron chi connectivity index (χ1n) is 4.58. The lowest BCUT2D eigenvalue weighted by Gasteiger charge is -2.15. The van der Waals surface area contributed by atoms with Crippen molar-refractivity contribution in [2.45, 2.75) is 11.1 Å². The molecule has 16 heavy (non-hydrogen) atoms. The smallest absolute Gasteiger partial charge is 0.325 e. The van der Waals surface area contributed by atoms with Gasteiger partial charge in [-0.3, -0.25) is 4.79 Å². The van der Waals surface area contributed by atoms with Crippen molar-refractivity contribution in [3.63, 3.8) is 0 Å². The second kappa shape index (κ2) is 4.01. The highest BCUT2D eigenvalue weighted by Gasteiger charge is 2.45. The maximum Gasteiger partial charge on any atom is 0.401 e. The summed E-state index contributed by atoms with van der Waals surface area (Å²) in [5, 5.41) is 2.30. The summed E-state index contributed by atoms with van der Waals surface area (Å²) in [7, 11) is 0. The average molecular weight is 247 g/mol. The van der Waals surface area contributed by atoms with E-state index < -0.39 is 18.0 Å². The van der Waals surface area contributed by atoms with Crippen LogP contribution in [0.3, 0.4) is 0 Å². The maximum absolute atomic E-state index is 12.5. The van der Waals surface area contributed by atoms with Gasteiger partial charge in [-0.1, -0.05) is 12.1 Å².